The lowest BCUT2D eigenvalue weighted by atomic mass is 10.1. The molecule has 0 bridgehead atoms. The average Bonchev–Trinajstić information content (AvgIpc) is 2.98. The maximum atomic E-state index is 12.5. The molecule has 1 aliphatic heterocycles. The molecule has 5 nitrogen and oxygen atoms in total. The molecule has 4 rings (SSSR count). The Labute approximate surface area is 120 Å². The zero-order valence-corrected chi connectivity index (χ0v) is 11.4. The molecule has 0 fully saturated rings. The van der Waals surface area contributed by atoms with E-state index in [0.717, 1.165) is 27.9 Å². The second-order valence-electron chi connectivity index (χ2n) is 5.36. The summed E-state index contributed by atoms with van der Waals surface area (Å²) in [5, 5.41) is 0. The SMILES string of the molecule is Cc1ccc2c(c1)C(=O)N(c1ccc3[nH]c(=O)[nH]c3c1)C2. The molecular weight excluding hydrogens is 266 g/mol. The van der Waals surface area contributed by atoms with E-state index in [1.165, 1.54) is 0 Å². The van der Waals surface area contributed by atoms with Crippen molar-refractivity contribution in [3.8, 4) is 0 Å². The second kappa shape index (κ2) is 4.09. The number of aryl methyl sites for hydroxylation is 1. The molecule has 0 unspecified atom stereocenters. The van der Waals surface area contributed by atoms with Gasteiger partial charge in [-0.05, 0) is 36.8 Å². The zero-order valence-electron chi connectivity index (χ0n) is 11.4. The lowest BCUT2D eigenvalue weighted by Crippen LogP contribution is -2.22. The highest BCUT2D eigenvalue weighted by Crippen LogP contribution is 2.30. The summed E-state index contributed by atoms with van der Waals surface area (Å²) < 4.78 is 0. The Balaban J connectivity index is 1.80. The van der Waals surface area contributed by atoms with Crippen LogP contribution in [0.15, 0.2) is 41.2 Å². The van der Waals surface area contributed by atoms with Gasteiger partial charge in [-0.25, -0.2) is 4.79 Å². The number of amides is 1. The van der Waals surface area contributed by atoms with Gasteiger partial charge in [-0.2, -0.15) is 0 Å². The van der Waals surface area contributed by atoms with Gasteiger partial charge in [0, 0.05) is 11.3 Å². The monoisotopic (exact) mass is 279 g/mol. The van der Waals surface area contributed by atoms with Crippen LogP contribution >= 0.6 is 0 Å². The van der Waals surface area contributed by atoms with Crippen molar-refractivity contribution in [2.75, 3.05) is 4.90 Å². The fourth-order valence-corrected chi connectivity index (χ4v) is 2.81. The third-order valence-electron chi connectivity index (χ3n) is 3.88. The molecule has 104 valence electrons. The normalized spacial score (nSPS) is 14.0. The van der Waals surface area contributed by atoms with Crippen molar-refractivity contribution >= 4 is 22.6 Å². The van der Waals surface area contributed by atoms with Crippen LogP contribution in [0.1, 0.15) is 21.5 Å². The quantitative estimate of drug-likeness (QED) is 0.717. The average molecular weight is 279 g/mol. The molecule has 0 atom stereocenters. The lowest BCUT2D eigenvalue weighted by molar-refractivity contribution is 0.0996. The summed E-state index contributed by atoms with van der Waals surface area (Å²) in [5.41, 5.74) is 4.87. The van der Waals surface area contributed by atoms with Gasteiger partial charge in [-0.15, -0.1) is 0 Å². The molecular formula is C16H13N3O2. The Morgan fingerprint density at radius 3 is 2.67 bits per heavy atom. The number of nitrogens with one attached hydrogen (secondary N) is 2. The van der Waals surface area contributed by atoms with Crippen molar-refractivity contribution in [3.05, 3.63) is 63.6 Å². The number of aromatic nitrogens is 2. The fourth-order valence-electron chi connectivity index (χ4n) is 2.81. The highest BCUT2D eigenvalue weighted by Gasteiger charge is 2.28. The predicted octanol–water partition coefficient (Wildman–Crippen LogP) is 2.33. The fraction of sp³-hybridized carbons (Fsp3) is 0.125. The van der Waals surface area contributed by atoms with Crippen molar-refractivity contribution in [2.24, 2.45) is 0 Å². The highest BCUT2D eigenvalue weighted by molar-refractivity contribution is 6.10. The number of carbonyl (C=O) groups excluding carboxylic acids is 1. The Morgan fingerprint density at radius 2 is 1.81 bits per heavy atom. The molecule has 21 heavy (non-hydrogen) atoms. The molecule has 0 saturated heterocycles. The van der Waals surface area contributed by atoms with E-state index in [1.54, 1.807) is 4.90 Å². The molecule has 5 heteroatoms. The molecule has 3 aromatic rings. The van der Waals surface area contributed by atoms with E-state index in [9.17, 15) is 9.59 Å². The van der Waals surface area contributed by atoms with Crippen molar-refractivity contribution < 1.29 is 4.79 Å². The summed E-state index contributed by atoms with van der Waals surface area (Å²) in [6.07, 6.45) is 0. The maximum absolute atomic E-state index is 12.5. The molecule has 1 aromatic heterocycles. The second-order valence-corrected chi connectivity index (χ2v) is 5.36. The molecule has 2 N–H and O–H groups in total. The first-order valence-corrected chi connectivity index (χ1v) is 6.75. The summed E-state index contributed by atoms with van der Waals surface area (Å²) in [6, 6.07) is 11.4. The van der Waals surface area contributed by atoms with E-state index in [-0.39, 0.29) is 11.6 Å². The van der Waals surface area contributed by atoms with Crippen LogP contribution in [-0.4, -0.2) is 15.9 Å². The molecule has 1 amide bonds. The van der Waals surface area contributed by atoms with Gasteiger partial charge < -0.3 is 14.9 Å². The zero-order chi connectivity index (χ0) is 14.6. The van der Waals surface area contributed by atoms with Crippen molar-refractivity contribution in [2.45, 2.75) is 13.5 Å². The number of benzene rings is 2. The third kappa shape index (κ3) is 1.78. The van der Waals surface area contributed by atoms with Gasteiger partial charge in [-0.1, -0.05) is 17.7 Å². The molecule has 0 saturated carbocycles. The Hall–Kier alpha value is -2.82. The smallest absolute Gasteiger partial charge is 0.306 e. The molecule has 2 aromatic carbocycles. The lowest BCUT2D eigenvalue weighted by Gasteiger charge is -2.15. The van der Waals surface area contributed by atoms with Crippen molar-refractivity contribution in [3.63, 3.8) is 0 Å². The van der Waals surface area contributed by atoms with Crippen LogP contribution < -0.4 is 10.6 Å². The number of carbonyl (C=O) groups is 1. The van der Waals surface area contributed by atoms with Crippen LogP contribution in [0.5, 0.6) is 0 Å². The van der Waals surface area contributed by atoms with E-state index in [2.05, 4.69) is 9.97 Å². The number of nitrogens with zero attached hydrogens (tertiary/aromatic N) is 1. The topological polar surface area (TPSA) is 69.0 Å². The van der Waals surface area contributed by atoms with Crippen LogP contribution in [0.2, 0.25) is 0 Å². The van der Waals surface area contributed by atoms with E-state index in [4.69, 9.17) is 0 Å². The summed E-state index contributed by atoms with van der Waals surface area (Å²) in [7, 11) is 0. The number of H-pyrrole nitrogens is 2. The number of imidazole rings is 1. The number of aromatic amines is 2. The van der Waals surface area contributed by atoms with Crippen LogP contribution in [0, 0.1) is 6.92 Å². The first kappa shape index (κ1) is 12.0. The van der Waals surface area contributed by atoms with Gasteiger partial charge in [0.1, 0.15) is 0 Å². The van der Waals surface area contributed by atoms with Gasteiger partial charge in [0.2, 0.25) is 0 Å². The number of hydrogen-bond donors (Lipinski definition) is 2. The number of anilines is 1. The standard InChI is InChI=1S/C16H13N3O2/c1-9-2-3-10-8-19(15(20)12(10)6-9)11-4-5-13-14(7-11)18-16(21)17-13/h2-7H,8H2,1H3,(H2,17,18,21). The van der Waals surface area contributed by atoms with Gasteiger partial charge in [-0.3, -0.25) is 4.79 Å². The van der Waals surface area contributed by atoms with Crippen LogP contribution in [0.4, 0.5) is 5.69 Å². The molecule has 0 radical (unpaired) electrons. The van der Waals surface area contributed by atoms with Crippen LogP contribution in [-0.2, 0) is 6.54 Å². The summed E-state index contributed by atoms with van der Waals surface area (Å²) in [5.74, 6) is 0.00549. The largest absolute Gasteiger partial charge is 0.323 e. The number of fused-ring (bicyclic) bond motifs is 2. The van der Waals surface area contributed by atoms with Gasteiger partial charge in [0.15, 0.2) is 0 Å². The molecule has 0 aliphatic carbocycles. The Bertz CT molecular complexity index is 936. The molecule has 0 spiro atoms. The summed E-state index contributed by atoms with van der Waals surface area (Å²) in [6.45, 7) is 2.54. The minimum Gasteiger partial charge on any atom is -0.306 e. The van der Waals surface area contributed by atoms with E-state index in [1.807, 2.05) is 43.3 Å². The summed E-state index contributed by atoms with van der Waals surface area (Å²) in [4.78, 5) is 31.0. The van der Waals surface area contributed by atoms with Crippen molar-refractivity contribution in [1.29, 1.82) is 0 Å². The van der Waals surface area contributed by atoms with Gasteiger partial charge in [0.05, 0.1) is 17.6 Å². The minimum absolute atomic E-state index is 0.00549. The number of rotatable bonds is 1. The van der Waals surface area contributed by atoms with E-state index in [0.29, 0.717) is 12.1 Å². The third-order valence-corrected chi connectivity index (χ3v) is 3.88. The van der Waals surface area contributed by atoms with Crippen molar-refractivity contribution in [1.82, 2.24) is 9.97 Å². The predicted molar refractivity (Wildman–Crippen MR) is 80.6 cm³/mol. The summed E-state index contributed by atoms with van der Waals surface area (Å²) >= 11 is 0. The Kier molecular flexibility index (Phi) is 2.33. The molecule has 2 heterocycles. The minimum atomic E-state index is -0.242. The first-order chi connectivity index (χ1) is 10.1. The van der Waals surface area contributed by atoms with E-state index >= 15 is 0 Å². The van der Waals surface area contributed by atoms with Crippen LogP contribution in [0.3, 0.4) is 0 Å². The van der Waals surface area contributed by atoms with E-state index < -0.39 is 0 Å². The van der Waals surface area contributed by atoms with Crippen LogP contribution in [0.25, 0.3) is 11.0 Å². The van der Waals surface area contributed by atoms with Gasteiger partial charge >= 0.3 is 5.69 Å². The highest BCUT2D eigenvalue weighted by atomic mass is 16.2. The molecule has 1 aliphatic rings. The number of hydrogen-bond acceptors (Lipinski definition) is 2. The first-order valence-electron chi connectivity index (χ1n) is 6.75. The maximum Gasteiger partial charge on any atom is 0.323 e. The Morgan fingerprint density at radius 1 is 1.00 bits per heavy atom. The van der Waals surface area contributed by atoms with Gasteiger partial charge in [0.25, 0.3) is 5.91 Å².